The molecule has 0 radical (unpaired) electrons. The van der Waals surface area contributed by atoms with Gasteiger partial charge in [-0.25, -0.2) is 9.07 Å². The summed E-state index contributed by atoms with van der Waals surface area (Å²) >= 11 is 1.61. The van der Waals surface area contributed by atoms with Crippen molar-refractivity contribution in [2.75, 3.05) is 11.9 Å². The lowest BCUT2D eigenvalue weighted by Crippen LogP contribution is -2.30. The number of aromatic nitrogens is 3. The molecule has 3 aromatic rings. The summed E-state index contributed by atoms with van der Waals surface area (Å²) in [5.41, 5.74) is 9.80. The zero-order chi connectivity index (χ0) is 17.1. The van der Waals surface area contributed by atoms with Crippen molar-refractivity contribution >= 4 is 16.3 Å². The minimum Gasteiger partial charge on any atom is -0.373 e. The fourth-order valence-corrected chi connectivity index (χ4v) is 3.60. The number of hydrogen-bond donors (Lipinski definition) is 2. The Morgan fingerprint density at radius 1 is 1.38 bits per heavy atom. The van der Waals surface area contributed by atoms with Gasteiger partial charge in [0.2, 0.25) is 0 Å². The van der Waals surface area contributed by atoms with Gasteiger partial charge in [0.15, 0.2) is 0 Å². The maximum absolute atomic E-state index is 13.3. The van der Waals surface area contributed by atoms with E-state index in [-0.39, 0.29) is 11.9 Å². The lowest BCUT2D eigenvalue weighted by atomic mass is 10.1. The van der Waals surface area contributed by atoms with Crippen LogP contribution in [0.1, 0.15) is 11.3 Å². The zero-order valence-corrected chi connectivity index (χ0v) is 14.5. The molecule has 1 aromatic carbocycles. The average Bonchev–Trinajstić information content (AvgIpc) is 3.13. The number of thiophene rings is 1. The predicted molar refractivity (Wildman–Crippen MR) is 95.6 cm³/mol. The topological polar surface area (TPSA) is 68.8 Å². The van der Waals surface area contributed by atoms with E-state index in [1.165, 1.54) is 6.07 Å². The van der Waals surface area contributed by atoms with Crippen molar-refractivity contribution in [3.63, 3.8) is 0 Å². The molecule has 0 saturated heterocycles. The largest absolute Gasteiger partial charge is 0.373 e. The number of anilines is 1. The van der Waals surface area contributed by atoms with E-state index in [4.69, 9.17) is 5.73 Å². The monoisotopic (exact) mass is 345 g/mol. The van der Waals surface area contributed by atoms with Gasteiger partial charge in [0.25, 0.3) is 0 Å². The summed E-state index contributed by atoms with van der Waals surface area (Å²) in [7, 11) is 1.88. The van der Waals surface area contributed by atoms with Crippen LogP contribution in [-0.2, 0) is 13.5 Å². The fourth-order valence-electron chi connectivity index (χ4n) is 2.74. The first-order chi connectivity index (χ1) is 11.6. The van der Waals surface area contributed by atoms with E-state index in [2.05, 4.69) is 27.1 Å². The molecule has 126 valence electrons. The molecule has 0 amide bonds. The summed E-state index contributed by atoms with van der Waals surface area (Å²) in [6, 6.07) is 8.76. The maximum atomic E-state index is 13.3. The van der Waals surface area contributed by atoms with Crippen molar-refractivity contribution in [3.05, 3.63) is 52.8 Å². The van der Waals surface area contributed by atoms with Crippen molar-refractivity contribution in [1.82, 2.24) is 15.0 Å². The molecule has 3 rings (SSSR count). The summed E-state index contributed by atoms with van der Waals surface area (Å²) in [4.78, 5) is 0. The van der Waals surface area contributed by atoms with E-state index >= 15 is 0 Å². The van der Waals surface area contributed by atoms with E-state index in [1.807, 2.05) is 20.0 Å². The first-order valence-electron chi connectivity index (χ1n) is 7.73. The lowest BCUT2D eigenvalue weighted by molar-refractivity contribution is 0.622. The highest BCUT2D eigenvalue weighted by Gasteiger charge is 2.14. The molecule has 0 unspecified atom stereocenters. The smallest absolute Gasteiger partial charge is 0.123 e. The number of hydrogen-bond acceptors (Lipinski definition) is 5. The molecule has 0 aliphatic rings. The van der Waals surface area contributed by atoms with Gasteiger partial charge in [0.1, 0.15) is 5.82 Å². The molecule has 0 bridgehead atoms. The first-order valence-corrected chi connectivity index (χ1v) is 8.61. The third-order valence-electron chi connectivity index (χ3n) is 3.87. The molecule has 2 heterocycles. The van der Waals surface area contributed by atoms with Gasteiger partial charge in [-0.3, -0.25) is 0 Å². The summed E-state index contributed by atoms with van der Waals surface area (Å²) < 4.78 is 15.1. The van der Waals surface area contributed by atoms with Crippen molar-refractivity contribution in [2.24, 2.45) is 12.8 Å². The van der Waals surface area contributed by atoms with Gasteiger partial charge < -0.3 is 11.1 Å². The second-order valence-corrected chi connectivity index (χ2v) is 6.67. The Labute approximate surface area is 144 Å². The molecule has 24 heavy (non-hydrogen) atoms. The van der Waals surface area contributed by atoms with Crippen molar-refractivity contribution in [2.45, 2.75) is 19.4 Å². The van der Waals surface area contributed by atoms with Gasteiger partial charge >= 0.3 is 0 Å². The SMILES string of the molecule is Cc1nnn(C)c1-c1csc(N[C@H](CN)Cc2cccc(F)c2)c1. The van der Waals surface area contributed by atoms with Crippen molar-refractivity contribution in [1.29, 1.82) is 0 Å². The Kier molecular flexibility index (Phi) is 4.92. The van der Waals surface area contributed by atoms with E-state index in [9.17, 15) is 4.39 Å². The Balaban J connectivity index is 1.73. The van der Waals surface area contributed by atoms with Crippen LogP contribution in [0.15, 0.2) is 35.7 Å². The lowest BCUT2D eigenvalue weighted by Gasteiger charge is -2.17. The minimum absolute atomic E-state index is 0.0454. The highest BCUT2D eigenvalue weighted by molar-refractivity contribution is 7.14. The number of halogens is 1. The standard InChI is InChI=1S/C17H20FN5S/c1-11-17(23(2)22-21-11)13-8-16(24-10-13)20-15(9-19)7-12-4-3-5-14(18)6-12/h3-6,8,10,15,20H,7,9,19H2,1-2H3/t15-/m0/s1. The van der Waals surface area contributed by atoms with Crippen LogP contribution in [0.3, 0.4) is 0 Å². The molecular formula is C17H20FN5S. The molecule has 3 N–H and O–H groups in total. The zero-order valence-electron chi connectivity index (χ0n) is 13.7. The van der Waals surface area contributed by atoms with E-state index in [1.54, 1.807) is 28.2 Å². The molecule has 2 aromatic heterocycles. The number of rotatable bonds is 6. The van der Waals surface area contributed by atoms with Crippen LogP contribution < -0.4 is 11.1 Å². The van der Waals surface area contributed by atoms with Crippen LogP contribution in [-0.4, -0.2) is 27.6 Å². The summed E-state index contributed by atoms with van der Waals surface area (Å²) in [6.45, 7) is 2.41. The van der Waals surface area contributed by atoms with Gasteiger partial charge in [0, 0.05) is 30.6 Å². The Hall–Kier alpha value is -2.25. The maximum Gasteiger partial charge on any atom is 0.123 e. The average molecular weight is 345 g/mol. The van der Waals surface area contributed by atoms with Gasteiger partial charge in [-0.15, -0.1) is 16.4 Å². The van der Waals surface area contributed by atoms with Crippen LogP contribution in [0.25, 0.3) is 11.3 Å². The highest BCUT2D eigenvalue weighted by Crippen LogP contribution is 2.30. The van der Waals surface area contributed by atoms with Gasteiger partial charge in [-0.2, -0.15) is 0 Å². The molecule has 0 aliphatic heterocycles. The highest BCUT2D eigenvalue weighted by atomic mass is 32.1. The normalized spacial score (nSPS) is 12.3. The molecule has 7 heteroatoms. The molecule has 0 spiro atoms. The first kappa shape index (κ1) is 16.6. The van der Waals surface area contributed by atoms with Crippen LogP contribution in [0, 0.1) is 12.7 Å². The number of nitrogens with zero attached hydrogens (tertiary/aromatic N) is 3. The Bertz CT molecular complexity index is 807. The quantitative estimate of drug-likeness (QED) is 0.721. The summed E-state index contributed by atoms with van der Waals surface area (Å²) in [5.74, 6) is -0.221. The summed E-state index contributed by atoms with van der Waals surface area (Å²) in [5, 5.41) is 14.7. The van der Waals surface area contributed by atoms with Crippen molar-refractivity contribution < 1.29 is 4.39 Å². The molecule has 0 aliphatic carbocycles. The van der Waals surface area contributed by atoms with Gasteiger partial charge in [0.05, 0.1) is 16.4 Å². The molecular weight excluding hydrogens is 325 g/mol. The Morgan fingerprint density at radius 2 is 2.21 bits per heavy atom. The fraction of sp³-hybridized carbons (Fsp3) is 0.294. The van der Waals surface area contributed by atoms with Crippen LogP contribution in [0.4, 0.5) is 9.39 Å². The molecule has 0 saturated carbocycles. The number of nitrogens with one attached hydrogen (secondary N) is 1. The van der Waals surface area contributed by atoms with Crippen LogP contribution in [0.2, 0.25) is 0 Å². The molecule has 0 fully saturated rings. The number of nitrogens with two attached hydrogens (primary N) is 1. The van der Waals surface area contributed by atoms with Gasteiger partial charge in [-0.1, -0.05) is 17.3 Å². The number of benzene rings is 1. The molecule has 5 nitrogen and oxygen atoms in total. The Morgan fingerprint density at radius 3 is 2.88 bits per heavy atom. The third kappa shape index (κ3) is 3.63. The second kappa shape index (κ2) is 7.11. The van der Waals surface area contributed by atoms with E-state index in [0.717, 1.165) is 27.5 Å². The van der Waals surface area contributed by atoms with Crippen LogP contribution in [0.5, 0.6) is 0 Å². The van der Waals surface area contributed by atoms with Crippen molar-refractivity contribution in [3.8, 4) is 11.3 Å². The number of aryl methyl sites for hydroxylation is 2. The third-order valence-corrected chi connectivity index (χ3v) is 4.73. The minimum atomic E-state index is -0.221. The predicted octanol–water partition coefficient (Wildman–Crippen LogP) is 2.97. The van der Waals surface area contributed by atoms with Gasteiger partial charge in [-0.05, 0) is 37.1 Å². The second-order valence-electron chi connectivity index (χ2n) is 5.76. The van der Waals surface area contributed by atoms with Crippen LogP contribution >= 0.6 is 11.3 Å². The molecule has 1 atom stereocenters. The van der Waals surface area contributed by atoms with E-state index in [0.29, 0.717) is 13.0 Å². The van der Waals surface area contributed by atoms with E-state index < -0.39 is 0 Å². The summed E-state index contributed by atoms with van der Waals surface area (Å²) in [6.07, 6.45) is 0.674.